The number of hydrogen-bond donors (Lipinski definition) is 1. The number of hydrogen-bond acceptors (Lipinski definition) is 7. The number of benzene rings is 2. The second-order valence-electron chi connectivity index (χ2n) is 7.32. The summed E-state index contributed by atoms with van der Waals surface area (Å²) in [4.78, 5) is 21.8. The van der Waals surface area contributed by atoms with Gasteiger partial charge in [-0.05, 0) is 30.3 Å². The minimum absolute atomic E-state index is 0.185. The Morgan fingerprint density at radius 2 is 1.97 bits per heavy atom. The maximum Gasteiger partial charge on any atom is 0.252 e. The average molecular weight is 447 g/mol. The summed E-state index contributed by atoms with van der Waals surface area (Å²) in [6.07, 6.45) is 4.21. The molecule has 2 aromatic carbocycles. The van der Waals surface area contributed by atoms with Crippen LogP contribution in [0.2, 0.25) is 0 Å². The van der Waals surface area contributed by atoms with Crippen LogP contribution in [0.4, 0.5) is 0 Å². The lowest BCUT2D eigenvalue weighted by Gasteiger charge is -2.21. The van der Waals surface area contributed by atoms with Gasteiger partial charge in [0.05, 0.1) is 7.11 Å². The van der Waals surface area contributed by atoms with Crippen molar-refractivity contribution in [2.24, 2.45) is 7.05 Å². The van der Waals surface area contributed by atoms with Crippen LogP contribution in [0.25, 0.3) is 0 Å². The quantitative estimate of drug-likeness (QED) is 0.419. The number of ether oxygens (including phenoxy) is 2. The van der Waals surface area contributed by atoms with E-state index in [0.29, 0.717) is 41.0 Å². The number of aryl methyl sites for hydroxylation is 2. The fraction of sp³-hybridized carbons (Fsp3) is 0.250. The van der Waals surface area contributed by atoms with Gasteiger partial charge < -0.3 is 23.9 Å². The third kappa shape index (κ3) is 5.03. The molecule has 0 saturated carbocycles. The number of rotatable bonds is 9. The molecule has 1 unspecified atom stereocenters. The Hall–Kier alpha value is -4.14. The largest absolute Gasteiger partial charge is 0.496 e. The normalized spacial score (nSPS) is 11.7. The molecule has 1 atom stereocenters. The highest BCUT2D eigenvalue weighted by Crippen LogP contribution is 2.29. The highest BCUT2D eigenvalue weighted by molar-refractivity contribution is 5.94. The van der Waals surface area contributed by atoms with Crippen molar-refractivity contribution in [3.8, 4) is 11.5 Å². The molecular weight excluding hydrogens is 422 g/mol. The smallest absolute Gasteiger partial charge is 0.252 e. The van der Waals surface area contributed by atoms with Crippen molar-refractivity contribution in [3.63, 3.8) is 0 Å². The Morgan fingerprint density at radius 3 is 2.64 bits per heavy atom. The van der Waals surface area contributed by atoms with Gasteiger partial charge in [0, 0.05) is 37.0 Å². The van der Waals surface area contributed by atoms with E-state index in [0.717, 1.165) is 5.56 Å². The standard InChI is InChI=1S/C24H25N5O4/c1-4-21-26-20(28-33-21)15-32-17-11-9-16(10-12-17)24(30)27-22(23-25-13-14-29(23)2)18-7-5-6-8-19(18)31-3/h5-14,22H,4,15H2,1-3H3,(H,27,30). The zero-order chi connectivity index (χ0) is 23.2. The monoisotopic (exact) mass is 447 g/mol. The van der Waals surface area contributed by atoms with Gasteiger partial charge in [-0.25, -0.2) is 4.98 Å². The molecule has 170 valence electrons. The molecule has 0 aliphatic rings. The predicted octanol–water partition coefficient (Wildman–Crippen LogP) is 3.47. The number of carbonyl (C=O) groups is 1. The number of methoxy groups -OCH3 is 1. The lowest BCUT2D eigenvalue weighted by atomic mass is 10.0. The predicted molar refractivity (Wildman–Crippen MR) is 120 cm³/mol. The van der Waals surface area contributed by atoms with Crippen LogP contribution < -0.4 is 14.8 Å². The molecule has 33 heavy (non-hydrogen) atoms. The molecule has 0 radical (unpaired) electrons. The number of amides is 1. The lowest BCUT2D eigenvalue weighted by Crippen LogP contribution is -2.31. The summed E-state index contributed by atoms with van der Waals surface area (Å²) in [5.74, 6) is 2.76. The van der Waals surface area contributed by atoms with E-state index in [1.165, 1.54) is 0 Å². The number of nitrogens with zero attached hydrogens (tertiary/aromatic N) is 4. The summed E-state index contributed by atoms with van der Waals surface area (Å²) in [5, 5.41) is 6.94. The number of nitrogens with one attached hydrogen (secondary N) is 1. The van der Waals surface area contributed by atoms with Crippen molar-refractivity contribution >= 4 is 5.91 Å². The third-order valence-electron chi connectivity index (χ3n) is 5.14. The Labute approximate surface area is 191 Å². The van der Waals surface area contributed by atoms with E-state index < -0.39 is 6.04 Å². The zero-order valence-electron chi connectivity index (χ0n) is 18.7. The average Bonchev–Trinajstić information content (AvgIpc) is 3.50. The van der Waals surface area contributed by atoms with Gasteiger partial charge >= 0.3 is 0 Å². The van der Waals surface area contributed by atoms with Crippen LogP contribution in [0.15, 0.2) is 65.4 Å². The number of carbonyl (C=O) groups excluding carboxylic acids is 1. The fourth-order valence-corrected chi connectivity index (χ4v) is 3.40. The molecule has 0 aliphatic heterocycles. The molecule has 0 saturated heterocycles. The highest BCUT2D eigenvalue weighted by Gasteiger charge is 2.24. The van der Waals surface area contributed by atoms with E-state index in [1.807, 2.05) is 49.0 Å². The molecular formula is C24H25N5O4. The van der Waals surface area contributed by atoms with E-state index in [-0.39, 0.29) is 12.5 Å². The van der Waals surface area contributed by atoms with Gasteiger partial charge in [-0.3, -0.25) is 4.79 Å². The number of imidazole rings is 1. The van der Waals surface area contributed by atoms with Gasteiger partial charge in [0.1, 0.15) is 23.4 Å². The Morgan fingerprint density at radius 1 is 1.18 bits per heavy atom. The molecule has 9 nitrogen and oxygen atoms in total. The van der Waals surface area contributed by atoms with E-state index in [4.69, 9.17) is 14.0 Å². The van der Waals surface area contributed by atoms with Crippen LogP contribution in [-0.2, 0) is 20.1 Å². The lowest BCUT2D eigenvalue weighted by molar-refractivity contribution is 0.0940. The first-order valence-electron chi connectivity index (χ1n) is 10.5. The molecule has 2 heterocycles. The molecule has 4 rings (SSSR count). The molecule has 9 heteroatoms. The van der Waals surface area contributed by atoms with Gasteiger partial charge in [0.25, 0.3) is 5.91 Å². The second kappa shape index (κ2) is 9.99. The minimum Gasteiger partial charge on any atom is -0.496 e. The summed E-state index contributed by atoms with van der Waals surface area (Å²) in [7, 11) is 3.49. The van der Waals surface area contributed by atoms with E-state index >= 15 is 0 Å². The summed E-state index contributed by atoms with van der Waals surface area (Å²) in [5.41, 5.74) is 1.30. The summed E-state index contributed by atoms with van der Waals surface area (Å²) in [6.45, 7) is 2.12. The van der Waals surface area contributed by atoms with Crippen LogP contribution in [0.1, 0.15) is 46.4 Å². The van der Waals surface area contributed by atoms with Gasteiger partial charge in [-0.2, -0.15) is 4.98 Å². The Balaban J connectivity index is 1.49. The maximum atomic E-state index is 13.1. The van der Waals surface area contributed by atoms with Gasteiger partial charge in [0.15, 0.2) is 6.61 Å². The molecule has 1 N–H and O–H groups in total. The molecule has 0 aliphatic carbocycles. The van der Waals surface area contributed by atoms with Crippen molar-refractivity contribution < 1.29 is 18.8 Å². The summed E-state index contributed by atoms with van der Waals surface area (Å²) in [6, 6.07) is 13.9. The molecule has 0 bridgehead atoms. The van der Waals surface area contributed by atoms with Crippen molar-refractivity contribution in [3.05, 3.63) is 89.6 Å². The van der Waals surface area contributed by atoms with Crippen molar-refractivity contribution in [2.75, 3.05) is 7.11 Å². The van der Waals surface area contributed by atoms with E-state index in [9.17, 15) is 4.79 Å². The van der Waals surface area contributed by atoms with Gasteiger partial charge in [0.2, 0.25) is 11.7 Å². The van der Waals surface area contributed by atoms with Crippen LogP contribution in [0, 0.1) is 0 Å². The van der Waals surface area contributed by atoms with Gasteiger partial charge in [-0.15, -0.1) is 0 Å². The van der Waals surface area contributed by atoms with Crippen LogP contribution >= 0.6 is 0 Å². The number of para-hydroxylation sites is 1. The van der Waals surface area contributed by atoms with Crippen molar-refractivity contribution in [1.29, 1.82) is 0 Å². The Bertz CT molecular complexity index is 1220. The fourth-order valence-electron chi connectivity index (χ4n) is 3.40. The first-order valence-corrected chi connectivity index (χ1v) is 10.5. The van der Waals surface area contributed by atoms with E-state index in [2.05, 4.69) is 20.4 Å². The molecule has 0 fully saturated rings. The van der Waals surface area contributed by atoms with Crippen LogP contribution in [-0.4, -0.2) is 32.7 Å². The molecule has 2 aromatic heterocycles. The molecule has 1 amide bonds. The first-order chi connectivity index (χ1) is 16.1. The van der Waals surface area contributed by atoms with Crippen molar-refractivity contribution in [2.45, 2.75) is 26.0 Å². The topological polar surface area (TPSA) is 104 Å². The first kappa shape index (κ1) is 22.1. The number of aromatic nitrogens is 4. The van der Waals surface area contributed by atoms with E-state index in [1.54, 1.807) is 37.6 Å². The highest BCUT2D eigenvalue weighted by atomic mass is 16.5. The van der Waals surface area contributed by atoms with Crippen LogP contribution in [0.3, 0.4) is 0 Å². The Kier molecular flexibility index (Phi) is 6.68. The van der Waals surface area contributed by atoms with Gasteiger partial charge in [-0.1, -0.05) is 30.3 Å². The van der Waals surface area contributed by atoms with Crippen LogP contribution in [0.5, 0.6) is 11.5 Å². The zero-order valence-corrected chi connectivity index (χ0v) is 18.7. The maximum absolute atomic E-state index is 13.1. The second-order valence-corrected chi connectivity index (χ2v) is 7.32. The third-order valence-corrected chi connectivity index (χ3v) is 5.14. The molecule has 4 aromatic rings. The SMILES string of the molecule is CCc1nc(COc2ccc(C(=O)NC(c3ccccc3OC)c3nccn3C)cc2)no1. The summed E-state index contributed by atoms with van der Waals surface area (Å²) < 4.78 is 18.2. The summed E-state index contributed by atoms with van der Waals surface area (Å²) >= 11 is 0. The van der Waals surface area contributed by atoms with Crippen molar-refractivity contribution in [1.82, 2.24) is 25.0 Å². The molecule has 0 spiro atoms. The minimum atomic E-state index is -0.490.